The van der Waals surface area contributed by atoms with Crippen molar-refractivity contribution in [2.75, 3.05) is 7.11 Å². The summed E-state index contributed by atoms with van der Waals surface area (Å²) in [6.07, 6.45) is 7.20. The summed E-state index contributed by atoms with van der Waals surface area (Å²) in [5.74, 6) is 1.37. The summed E-state index contributed by atoms with van der Waals surface area (Å²) in [6.45, 7) is 0. The Labute approximate surface area is 119 Å². The van der Waals surface area contributed by atoms with Gasteiger partial charge in [0, 0.05) is 6.07 Å². The van der Waals surface area contributed by atoms with Crippen LogP contribution in [0.2, 0.25) is 0 Å². The molecule has 0 spiro atoms. The quantitative estimate of drug-likeness (QED) is 0.292. The highest BCUT2D eigenvalue weighted by Gasteiger charge is 2.17. The van der Waals surface area contributed by atoms with E-state index in [4.69, 9.17) is 20.4 Å². The normalized spacial score (nSPS) is 17.6. The van der Waals surface area contributed by atoms with Gasteiger partial charge in [0.2, 0.25) is 0 Å². The molecule has 1 aromatic carbocycles. The van der Waals surface area contributed by atoms with E-state index in [1.807, 2.05) is 0 Å². The van der Waals surface area contributed by atoms with Gasteiger partial charge in [-0.3, -0.25) is 0 Å². The average Bonchev–Trinajstić information content (AvgIpc) is 2.75. The van der Waals surface area contributed by atoms with Crippen molar-refractivity contribution in [2.24, 2.45) is 10.9 Å². The van der Waals surface area contributed by atoms with E-state index >= 15 is 0 Å². The number of amidine groups is 1. The molecule has 0 aliphatic heterocycles. The standard InChI is InChI=1S/C15H22N2O3/c1-19-12-8-9-13(15(16)17-18)14(10-12)20-11-6-4-2-3-5-7-11/h8-11,18H,2-7H2,1H3,(H2,16,17). The summed E-state index contributed by atoms with van der Waals surface area (Å²) in [4.78, 5) is 0. The van der Waals surface area contributed by atoms with Crippen molar-refractivity contribution in [1.29, 1.82) is 0 Å². The van der Waals surface area contributed by atoms with Gasteiger partial charge in [0.1, 0.15) is 11.5 Å². The van der Waals surface area contributed by atoms with Gasteiger partial charge in [-0.25, -0.2) is 0 Å². The minimum Gasteiger partial charge on any atom is -0.497 e. The van der Waals surface area contributed by atoms with Crippen LogP contribution < -0.4 is 15.2 Å². The van der Waals surface area contributed by atoms with Crippen molar-refractivity contribution in [3.05, 3.63) is 23.8 Å². The second kappa shape index (κ2) is 7.03. The predicted molar refractivity (Wildman–Crippen MR) is 77.6 cm³/mol. The third-order valence-corrected chi connectivity index (χ3v) is 3.67. The Hall–Kier alpha value is -1.91. The van der Waals surface area contributed by atoms with Crippen molar-refractivity contribution in [1.82, 2.24) is 0 Å². The van der Waals surface area contributed by atoms with Crippen LogP contribution in [0.15, 0.2) is 23.4 Å². The predicted octanol–water partition coefficient (Wildman–Crippen LogP) is 2.89. The highest BCUT2D eigenvalue weighted by molar-refractivity contribution is 5.99. The number of nitrogens with two attached hydrogens (primary N) is 1. The summed E-state index contributed by atoms with van der Waals surface area (Å²) in [6, 6.07) is 5.31. The zero-order valence-corrected chi connectivity index (χ0v) is 11.8. The number of nitrogens with zero attached hydrogens (tertiary/aromatic N) is 1. The molecule has 2 rings (SSSR count). The van der Waals surface area contributed by atoms with Crippen LogP contribution in [0.3, 0.4) is 0 Å². The summed E-state index contributed by atoms with van der Waals surface area (Å²) in [5, 5.41) is 11.9. The minimum atomic E-state index is 0.0521. The molecule has 0 bridgehead atoms. The van der Waals surface area contributed by atoms with Crippen molar-refractivity contribution in [3.8, 4) is 11.5 Å². The molecule has 110 valence electrons. The number of hydrogen-bond acceptors (Lipinski definition) is 4. The van der Waals surface area contributed by atoms with E-state index in [0.717, 1.165) is 12.8 Å². The fourth-order valence-corrected chi connectivity index (χ4v) is 2.53. The summed E-state index contributed by atoms with van der Waals surface area (Å²) in [5.41, 5.74) is 6.30. The van der Waals surface area contributed by atoms with Gasteiger partial charge in [-0.1, -0.05) is 18.0 Å². The topological polar surface area (TPSA) is 77.1 Å². The third kappa shape index (κ3) is 3.56. The molecule has 20 heavy (non-hydrogen) atoms. The molecule has 0 heterocycles. The molecule has 1 aromatic rings. The lowest BCUT2D eigenvalue weighted by Gasteiger charge is -2.19. The first kappa shape index (κ1) is 14.5. The molecule has 1 aliphatic rings. The maximum atomic E-state index is 8.87. The SMILES string of the molecule is COc1ccc(/C(N)=N/O)c(OC2CCCCCC2)c1. The Kier molecular flexibility index (Phi) is 5.09. The van der Waals surface area contributed by atoms with Crippen LogP contribution in [0, 0.1) is 0 Å². The fraction of sp³-hybridized carbons (Fsp3) is 0.533. The molecule has 0 amide bonds. The van der Waals surface area contributed by atoms with E-state index in [2.05, 4.69) is 5.16 Å². The van der Waals surface area contributed by atoms with E-state index in [1.54, 1.807) is 25.3 Å². The summed E-state index contributed by atoms with van der Waals surface area (Å²) in [7, 11) is 1.61. The Morgan fingerprint density at radius 2 is 1.95 bits per heavy atom. The lowest BCUT2D eigenvalue weighted by Crippen LogP contribution is -2.20. The van der Waals surface area contributed by atoms with Gasteiger partial charge in [0.15, 0.2) is 5.84 Å². The molecule has 0 atom stereocenters. The second-order valence-electron chi connectivity index (χ2n) is 5.08. The van der Waals surface area contributed by atoms with E-state index in [0.29, 0.717) is 17.1 Å². The van der Waals surface area contributed by atoms with Crippen LogP contribution in [0.25, 0.3) is 0 Å². The maximum absolute atomic E-state index is 8.87. The number of benzene rings is 1. The fourth-order valence-electron chi connectivity index (χ4n) is 2.53. The molecule has 3 N–H and O–H groups in total. The Morgan fingerprint density at radius 1 is 1.25 bits per heavy atom. The first-order valence-corrected chi connectivity index (χ1v) is 7.07. The molecule has 0 aromatic heterocycles. The summed E-state index contributed by atoms with van der Waals surface area (Å²) < 4.78 is 11.3. The lowest BCUT2D eigenvalue weighted by molar-refractivity contribution is 0.182. The molecule has 1 saturated carbocycles. The molecule has 5 nitrogen and oxygen atoms in total. The molecular weight excluding hydrogens is 256 g/mol. The number of oxime groups is 1. The van der Waals surface area contributed by atoms with Gasteiger partial charge >= 0.3 is 0 Å². The highest BCUT2D eigenvalue weighted by Crippen LogP contribution is 2.29. The van der Waals surface area contributed by atoms with Crippen LogP contribution in [-0.4, -0.2) is 24.3 Å². The first-order valence-electron chi connectivity index (χ1n) is 7.07. The lowest BCUT2D eigenvalue weighted by atomic mass is 10.1. The molecule has 0 unspecified atom stereocenters. The molecule has 5 heteroatoms. The average molecular weight is 278 g/mol. The molecule has 0 radical (unpaired) electrons. The van der Waals surface area contributed by atoms with Gasteiger partial charge in [-0.15, -0.1) is 0 Å². The summed E-state index contributed by atoms with van der Waals surface area (Å²) >= 11 is 0. The first-order chi connectivity index (χ1) is 9.74. The number of methoxy groups -OCH3 is 1. The Bertz CT molecular complexity index is 466. The minimum absolute atomic E-state index is 0.0521. The largest absolute Gasteiger partial charge is 0.497 e. The van der Waals surface area contributed by atoms with Crippen molar-refractivity contribution in [3.63, 3.8) is 0 Å². The monoisotopic (exact) mass is 278 g/mol. The van der Waals surface area contributed by atoms with Gasteiger partial charge in [0.25, 0.3) is 0 Å². The molecular formula is C15H22N2O3. The Morgan fingerprint density at radius 3 is 2.55 bits per heavy atom. The van der Waals surface area contributed by atoms with Gasteiger partial charge < -0.3 is 20.4 Å². The molecule has 1 fully saturated rings. The second-order valence-corrected chi connectivity index (χ2v) is 5.08. The van der Waals surface area contributed by atoms with Crippen molar-refractivity contribution in [2.45, 2.75) is 44.6 Å². The third-order valence-electron chi connectivity index (χ3n) is 3.67. The number of rotatable bonds is 4. The van der Waals surface area contributed by atoms with E-state index in [1.165, 1.54) is 25.7 Å². The van der Waals surface area contributed by atoms with Gasteiger partial charge in [-0.05, 0) is 37.8 Å². The smallest absolute Gasteiger partial charge is 0.173 e. The van der Waals surface area contributed by atoms with Gasteiger partial charge in [-0.2, -0.15) is 0 Å². The zero-order valence-electron chi connectivity index (χ0n) is 11.8. The molecule has 0 saturated heterocycles. The van der Waals surface area contributed by atoms with E-state index in [-0.39, 0.29) is 11.9 Å². The molecule has 1 aliphatic carbocycles. The highest BCUT2D eigenvalue weighted by atomic mass is 16.5. The van der Waals surface area contributed by atoms with E-state index < -0.39 is 0 Å². The number of hydrogen-bond donors (Lipinski definition) is 2. The van der Waals surface area contributed by atoms with Gasteiger partial charge in [0.05, 0.1) is 18.8 Å². The van der Waals surface area contributed by atoms with Crippen molar-refractivity contribution < 1.29 is 14.7 Å². The van der Waals surface area contributed by atoms with Crippen LogP contribution in [0.4, 0.5) is 0 Å². The van der Waals surface area contributed by atoms with Crippen LogP contribution >= 0.6 is 0 Å². The van der Waals surface area contributed by atoms with Crippen molar-refractivity contribution >= 4 is 5.84 Å². The van der Waals surface area contributed by atoms with Crippen LogP contribution in [0.1, 0.15) is 44.1 Å². The maximum Gasteiger partial charge on any atom is 0.173 e. The van der Waals surface area contributed by atoms with Crippen LogP contribution in [0.5, 0.6) is 11.5 Å². The Balaban J connectivity index is 2.22. The van der Waals surface area contributed by atoms with E-state index in [9.17, 15) is 0 Å². The van der Waals surface area contributed by atoms with Crippen LogP contribution in [-0.2, 0) is 0 Å². The zero-order chi connectivity index (χ0) is 14.4. The number of ether oxygens (including phenoxy) is 2.